The van der Waals surface area contributed by atoms with Gasteiger partial charge in [0.1, 0.15) is 0 Å². The van der Waals surface area contributed by atoms with Crippen molar-refractivity contribution in [3.8, 4) is 0 Å². The maximum atomic E-state index is 12.0. The smallest absolute Gasteiger partial charge is 0.163 e. The largest absolute Gasteiger partial charge is 0.328 e. The van der Waals surface area contributed by atoms with Crippen LogP contribution in [0.1, 0.15) is 41.3 Å². The molecule has 1 aromatic rings. The third-order valence-electron chi connectivity index (χ3n) is 2.67. The van der Waals surface area contributed by atoms with Crippen LogP contribution in [0.15, 0.2) is 24.8 Å². The third-order valence-corrected chi connectivity index (χ3v) is 3.29. The van der Waals surface area contributed by atoms with Gasteiger partial charge in [-0.05, 0) is 54.0 Å². The highest BCUT2D eigenvalue weighted by Gasteiger charge is 2.10. The zero-order valence-corrected chi connectivity index (χ0v) is 12.5. The molecule has 0 saturated heterocycles. The van der Waals surface area contributed by atoms with Crippen LogP contribution in [0.3, 0.4) is 0 Å². The van der Waals surface area contributed by atoms with Crippen molar-refractivity contribution in [3.05, 3.63) is 41.5 Å². The molecule has 0 spiro atoms. The second-order valence-electron chi connectivity index (χ2n) is 4.37. The van der Waals surface area contributed by atoms with Crippen molar-refractivity contribution in [1.82, 2.24) is 0 Å². The Morgan fingerprint density at radius 2 is 2.18 bits per heavy atom. The number of benzene rings is 1. The first-order valence-corrected chi connectivity index (χ1v) is 6.74. The van der Waals surface area contributed by atoms with E-state index in [2.05, 4.69) is 29.2 Å². The van der Waals surface area contributed by atoms with E-state index in [9.17, 15) is 4.79 Å². The van der Waals surface area contributed by atoms with Crippen molar-refractivity contribution in [2.75, 3.05) is 0 Å². The first-order chi connectivity index (χ1) is 7.91. The highest BCUT2D eigenvalue weighted by atomic mass is 127. The number of rotatable bonds is 5. The molecule has 0 heterocycles. The minimum absolute atomic E-state index is 0.0765. The number of hydrogen-bond acceptors (Lipinski definition) is 2. The predicted molar refractivity (Wildman–Crippen MR) is 81.4 cm³/mol. The van der Waals surface area contributed by atoms with Gasteiger partial charge in [0, 0.05) is 21.6 Å². The van der Waals surface area contributed by atoms with Crippen molar-refractivity contribution >= 4 is 32.0 Å². The fourth-order valence-electron chi connectivity index (χ4n) is 1.64. The van der Waals surface area contributed by atoms with Crippen LogP contribution in [-0.2, 0) is 0 Å². The molecule has 0 aliphatic rings. The van der Waals surface area contributed by atoms with Crippen LogP contribution in [0.4, 0.5) is 0 Å². The average molecular weight is 343 g/mol. The lowest BCUT2D eigenvalue weighted by atomic mass is 9.98. The van der Waals surface area contributed by atoms with Gasteiger partial charge in [-0.15, -0.1) is 0 Å². The minimum atomic E-state index is 0.0765. The van der Waals surface area contributed by atoms with Crippen molar-refractivity contribution in [1.29, 1.82) is 0 Å². The Kier molecular flexibility index (Phi) is 5.33. The molecular weight excluding hydrogens is 325 g/mol. The average Bonchev–Trinajstić information content (AvgIpc) is 2.25. The molecule has 0 fully saturated rings. The summed E-state index contributed by atoms with van der Waals surface area (Å²) in [5, 5.41) is 0. The molecule has 0 aromatic heterocycles. The van der Waals surface area contributed by atoms with E-state index in [0.29, 0.717) is 6.42 Å². The van der Waals surface area contributed by atoms with Gasteiger partial charge in [0.05, 0.1) is 0 Å². The summed E-state index contributed by atoms with van der Waals surface area (Å²) in [6.45, 7) is 7.77. The molecule has 0 radical (unpaired) electrons. The molecule has 0 aliphatic heterocycles. The van der Waals surface area contributed by atoms with Crippen LogP contribution in [0.5, 0.6) is 0 Å². The molecular formula is C14H18INO. The van der Waals surface area contributed by atoms with E-state index < -0.39 is 0 Å². The lowest BCUT2D eigenvalue weighted by Crippen LogP contribution is -2.16. The molecule has 0 aliphatic carbocycles. The second-order valence-corrected chi connectivity index (χ2v) is 5.68. The van der Waals surface area contributed by atoms with Gasteiger partial charge in [-0.1, -0.05) is 24.8 Å². The van der Waals surface area contributed by atoms with Crippen LogP contribution >= 0.6 is 22.6 Å². The lowest BCUT2D eigenvalue weighted by Gasteiger charge is -2.08. The summed E-state index contributed by atoms with van der Waals surface area (Å²) in [4.78, 5) is 12.0. The van der Waals surface area contributed by atoms with E-state index in [4.69, 9.17) is 5.73 Å². The first-order valence-electron chi connectivity index (χ1n) is 5.66. The van der Waals surface area contributed by atoms with E-state index in [-0.39, 0.29) is 11.8 Å². The molecule has 0 amide bonds. The van der Waals surface area contributed by atoms with Crippen molar-refractivity contribution < 1.29 is 4.79 Å². The minimum Gasteiger partial charge on any atom is -0.328 e. The first kappa shape index (κ1) is 14.4. The number of carbonyl (C=O) groups is 1. The van der Waals surface area contributed by atoms with Crippen LogP contribution in [-0.4, -0.2) is 11.8 Å². The normalized spacial score (nSPS) is 12.2. The summed E-state index contributed by atoms with van der Waals surface area (Å²) >= 11 is 2.18. The van der Waals surface area contributed by atoms with Crippen LogP contribution in [0.2, 0.25) is 0 Å². The zero-order valence-electron chi connectivity index (χ0n) is 10.3. The fraction of sp³-hybridized carbons (Fsp3) is 0.357. The molecule has 17 heavy (non-hydrogen) atoms. The van der Waals surface area contributed by atoms with E-state index in [1.807, 2.05) is 32.0 Å². The van der Waals surface area contributed by atoms with Gasteiger partial charge in [0.2, 0.25) is 0 Å². The number of aryl methyl sites for hydroxylation is 1. The van der Waals surface area contributed by atoms with Gasteiger partial charge in [0.15, 0.2) is 5.78 Å². The molecule has 3 heteroatoms. The Morgan fingerprint density at radius 3 is 2.65 bits per heavy atom. The van der Waals surface area contributed by atoms with E-state index in [1.54, 1.807) is 0 Å². The molecule has 92 valence electrons. The Labute approximate surface area is 116 Å². The molecule has 1 rings (SSSR count). The summed E-state index contributed by atoms with van der Waals surface area (Å²) in [6.07, 6.45) is 1.25. The molecule has 1 aromatic carbocycles. The Bertz CT molecular complexity index is 438. The Morgan fingerprint density at radius 1 is 1.53 bits per heavy atom. The van der Waals surface area contributed by atoms with E-state index in [0.717, 1.165) is 26.7 Å². The summed E-state index contributed by atoms with van der Waals surface area (Å²) < 4.78 is 0.986. The maximum Gasteiger partial charge on any atom is 0.163 e. The number of nitrogens with two attached hydrogens (primary N) is 1. The lowest BCUT2D eigenvalue weighted by molar-refractivity contribution is 0.0977. The standard InChI is InChI=1S/C14H18INO/c1-9-8-12(11(3)15)5-6-13(9)14(17)7-4-10(2)16/h5-6,8,10H,3-4,7,16H2,1-2H3/t10-/m1/s1. The quantitative estimate of drug-likeness (QED) is 0.654. The number of hydrogen-bond donors (Lipinski definition) is 1. The van der Waals surface area contributed by atoms with Crippen molar-refractivity contribution in [2.24, 2.45) is 5.73 Å². The summed E-state index contributed by atoms with van der Waals surface area (Å²) in [5.41, 5.74) is 8.54. The number of ketones is 1. The molecule has 0 unspecified atom stereocenters. The Hall–Kier alpha value is -0.680. The highest BCUT2D eigenvalue weighted by Crippen LogP contribution is 2.22. The summed E-state index contributed by atoms with van der Waals surface area (Å²) in [7, 11) is 0. The zero-order chi connectivity index (χ0) is 13.0. The van der Waals surface area contributed by atoms with Gasteiger partial charge in [0.25, 0.3) is 0 Å². The summed E-state index contributed by atoms with van der Waals surface area (Å²) in [6, 6.07) is 5.92. The van der Waals surface area contributed by atoms with Crippen LogP contribution in [0, 0.1) is 6.92 Å². The van der Waals surface area contributed by atoms with Crippen LogP contribution < -0.4 is 5.73 Å². The number of halogens is 1. The Balaban J connectivity index is 2.85. The van der Waals surface area contributed by atoms with Gasteiger partial charge in [-0.2, -0.15) is 0 Å². The second kappa shape index (κ2) is 6.31. The van der Waals surface area contributed by atoms with E-state index in [1.165, 1.54) is 0 Å². The van der Waals surface area contributed by atoms with E-state index >= 15 is 0 Å². The van der Waals surface area contributed by atoms with Crippen molar-refractivity contribution in [3.63, 3.8) is 0 Å². The maximum absolute atomic E-state index is 12.0. The SMILES string of the molecule is C=C(I)c1ccc(C(=O)CC[C@@H](C)N)c(C)c1. The third kappa shape index (κ3) is 4.24. The molecule has 2 N–H and O–H groups in total. The topological polar surface area (TPSA) is 43.1 Å². The van der Waals surface area contributed by atoms with Gasteiger partial charge in [-0.25, -0.2) is 0 Å². The van der Waals surface area contributed by atoms with Crippen LogP contribution in [0.25, 0.3) is 3.58 Å². The van der Waals surface area contributed by atoms with Gasteiger partial charge < -0.3 is 5.73 Å². The fourth-order valence-corrected chi connectivity index (χ4v) is 1.97. The molecule has 0 saturated carbocycles. The molecule has 2 nitrogen and oxygen atoms in total. The molecule has 1 atom stereocenters. The number of carbonyl (C=O) groups excluding carboxylic acids is 1. The number of Topliss-reactive ketones (excluding diaryl/α,β-unsaturated/α-hetero) is 1. The van der Waals surface area contributed by atoms with Gasteiger partial charge in [-0.3, -0.25) is 4.79 Å². The highest BCUT2D eigenvalue weighted by molar-refractivity contribution is 14.1. The predicted octanol–water partition coefficient (Wildman–Crippen LogP) is 3.71. The molecule has 0 bridgehead atoms. The summed E-state index contributed by atoms with van der Waals surface area (Å²) in [5.74, 6) is 0.172. The van der Waals surface area contributed by atoms with Gasteiger partial charge >= 0.3 is 0 Å². The van der Waals surface area contributed by atoms with Crippen molar-refractivity contribution in [2.45, 2.75) is 32.7 Å². The monoisotopic (exact) mass is 343 g/mol.